The third-order valence-corrected chi connectivity index (χ3v) is 5.73. The van der Waals surface area contributed by atoms with Gasteiger partial charge in [0.05, 0.1) is 22.7 Å². The first-order valence-electron chi connectivity index (χ1n) is 10.9. The molecule has 2 heterocycles. The van der Waals surface area contributed by atoms with Gasteiger partial charge in [-0.1, -0.05) is 19.9 Å². The Balaban J connectivity index is 2.78. The van der Waals surface area contributed by atoms with Crippen LogP contribution in [0.15, 0.2) is 39.1 Å². The number of likely N-dealkylation sites (N-methyl/N-ethyl adjacent to an activating group) is 1. The number of rotatable bonds is 7. The lowest BCUT2D eigenvalue weighted by Gasteiger charge is -2.35. The number of anilines is 1. The number of halogens is 1. The second kappa shape index (κ2) is 11.1. The van der Waals surface area contributed by atoms with E-state index in [9.17, 15) is 9.18 Å². The fourth-order valence-corrected chi connectivity index (χ4v) is 3.76. The molecule has 1 aromatic heterocycles. The van der Waals surface area contributed by atoms with E-state index in [4.69, 9.17) is 0 Å². The second-order valence-electron chi connectivity index (χ2n) is 8.26. The van der Waals surface area contributed by atoms with E-state index in [0.29, 0.717) is 35.0 Å². The van der Waals surface area contributed by atoms with Crippen LogP contribution in [0.3, 0.4) is 0 Å². The van der Waals surface area contributed by atoms with Crippen molar-refractivity contribution in [1.82, 2.24) is 14.8 Å². The highest BCUT2D eigenvalue weighted by Crippen LogP contribution is 2.31. The molecule has 0 saturated carbocycles. The summed E-state index contributed by atoms with van der Waals surface area (Å²) in [6, 6.07) is 1.42. The van der Waals surface area contributed by atoms with E-state index in [1.807, 2.05) is 33.8 Å². The molecule has 0 unspecified atom stereocenters. The molecule has 8 heteroatoms. The van der Waals surface area contributed by atoms with Gasteiger partial charge in [-0.2, -0.15) is 0 Å². The predicted octanol–water partition coefficient (Wildman–Crippen LogP) is 3.65. The van der Waals surface area contributed by atoms with E-state index in [2.05, 4.69) is 38.5 Å². The lowest BCUT2D eigenvalue weighted by molar-refractivity contribution is -0.107. The summed E-state index contributed by atoms with van der Waals surface area (Å²) in [7, 11) is 3.75. The van der Waals surface area contributed by atoms with E-state index in [-0.39, 0.29) is 11.6 Å². The number of aliphatic imine (C=N–C) groups is 2. The Morgan fingerprint density at radius 1 is 1.31 bits per heavy atom. The number of aryl methyl sites for hydroxylation is 1. The molecule has 2 rings (SSSR count). The number of carbonyl (C=O) groups is 1. The van der Waals surface area contributed by atoms with E-state index in [1.54, 1.807) is 14.0 Å². The number of allylic oxidation sites excluding steroid dienone is 3. The molecule has 1 aromatic rings. The predicted molar refractivity (Wildman–Crippen MR) is 130 cm³/mol. The zero-order valence-electron chi connectivity index (χ0n) is 20.3. The van der Waals surface area contributed by atoms with Crippen molar-refractivity contribution in [3.8, 4) is 0 Å². The summed E-state index contributed by atoms with van der Waals surface area (Å²) in [6.45, 7) is 16.3. The maximum atomic E-state index is 14.7. The summed E-state index contributed by atoms with van der Waals surface area (Å²) >= 11 is 0. The van der Waals surface area contributed by atoms with Gasteiger partial charge in [-0.25, -0.2) is 9.37 Å². The van der Waals surface area contributed by atoms with Crippen molar-refractivity contribution >= 4 is 24.8 Å². The molecular weight excluding hydrogens is 407 g/mol. The highest BCUT2D eigenvalue weighted by Gasteiger charge is 2.28. The van der Waals surface area contributed by atoms with Crippen LogP contribution in [0.25, 0.3) is 0 Å². The zero-order valence-corrected chi connectivity index (χ0v) is 20.3. The van der Waals surface area contributed by atoms with Gasteiger partial charge in [0.2, 0.25) is 6.41 Å². The number of pyridine rings is 1. The molecule has 1 aliphatic heterocycles. The Morgan fingerprint density at radius 3 is 2.41 bits per heavy atom. The van der Waals surface area contributed by atoms with E-state index in [1.165, 1.54) is 11.0 Å². The van der Waals surface area contributed by atoms with Crippen LogP contribution < -0.4 is 4.90 Å². The molecule has 0 bridgehead atoms. The average Bonchev–Trinajstić information content (AvgIpc) is 2.77. The Labute approximate surface area is 191 Å². The van der Waals surface area contributed by atoms with Crippen LogP contribution in [0, 0.1) is 18.7 Å². The molecule has 0 N–H and O–H groups in total. The van der Waals surface area contributed by atoms with Crippen molar-refractivity contribution in [2.45, 2.75) is 34.6 Å². The molecule has 0 aliphatic carbocycles. The number of hydrogen-bond acceptors (Lipinski definition) is 5. The van der Waals surface area contributed by atoms with Crippen LogP contribution in [0.1, 0.15) is 39.0 Å². The van der Waals surface area contributed by atoms with Crippen molar-refractivity contribution in [1.29, 1.82) is 0 Å². The third kappa shape index (κ3) is 5.30. The normalized spacial score (nSPS) is 16.8. The minimum absolute atomic E-state index is 0.0155. The van der Waals surface area contributed by atoms with Crippen LogP contribution in [0.5, 0.6) is 0 Å². The third-order valence-electron chi connectivity index (χ3n) is 5.73. The first-order valence-corrected chi connectivity index (χ1v) is 10.9. The number of hydrogen-bond donors (Lipinski definition) is 0. The molecule has 7 nitrogen and oxygen atoms in total. The quantitative estimate of drug-likeness (QED) is 0.280. The van der Waals surface area contributed by atoms with Crippen molar-refractivity contribution in [2.24, 2.45) is 15.9 Å². The molecule has 1 amide bonds. The highest BCUT2D eigenvalue weighted by atomic mass is 19.1. The summed E-state index contributed by atoms with van der Waals surface area (Å²) in [4.78, 5) is 31.5. The summed E-state index contributed by atoms with van der Waals surface area (Å²) < 4.78 is 14.7. The minimum atomic E-state index is -0.441. The van der Waals surface area contributed by atoms with Gasteiger partial charge in [0.25, 0.3) is 0 Å². The van der Waals surface area contributed by atoms with Gasteiger partial charge in [0.15, 0.2) is 5.82 Å². The number of aromatic nitrogens is 1. The number of carbonyl (C=O) groups excluding carboxylic acids is 1. The topological polar surface area (TPSA) is 64.4 Å². The van der Waals surface area contributed by atoms with Crippen LogP contribution in [0.4, 0.5) is 10.2 Å². The Kier molecular flexibility index (Phi) is 8.83. The fourth-order valence-electron chi connectivity index (χ4n) is 3.76. The summed E-state index contributed by atoms with van der Waals surface area (Å²) in [6.07, 6.45) is 2.61. The first-order chi connectivity index (χ1) is 15.2. The molecule has 1 aliphatic rings. The molecule has 1 fully saturated rings. The molecule has 32 heavy (non-hydrogen) atoms. The summed E-state index contributed by atoms with van der Waals surface area (Å²) in [5, 5.41) is 0. The van der Waals surface area contributed by atoms with Gasteiger partial charge in [0, 0.05) is 33.2 Å². The fraction of sp³-hybridized carbons (Fsp3) is 0.500. The molecule has 1 saturated heterocycles. The van der Waals surface area contributed by atoms with Crippen molar-refractivity contribution in [3.63, 3.8) is 0 Å². The molecule has 0 atom stereocenters. The van der Waals surface area contributed by atoms with Gasteiger partial charge in [-0.15, -0.1) is 0 Å². The van der Waals surface area contributed by atoms with E-state index >= 15 is 0 Å². The van der Waals surface area contributed by atoms with E-state index < -0.39 is 5.82 Å². The monoisotopic (exact) mass is 442 g/mol. The average molecular weight is 443 g/mol. The standard InChI is InChI=1S/C24H35FN6O/c1-9-17(4)22(21(26-6)16(2)3)31(15-32)24-19(14-20(25)18(5)28-24)23(27-7)30-12-10-29(8)11-13-30/h9,14-16H,6,10-13H2,1-5,7-8H3/b17-9-,22-21+,27-23?. The lowest BCUT2D eigenvalue weighted by Crippen LogP contribution is -2.47. The maximum absolute atomic E-state index is 14.7. The van der Waals surface area contributed by atoms with E-state index in [0.717, 1.165) is 31.8 Å². The number of nitrogens with zero attached hydrogens (tertiary/aromatic N) is 6. The first kappa shape index (κ1) is 25.4. The maximum Gasteiger partial charge on any atom is 0.219 e. The highest BCUT2D eigenvalue weighted by molar-refractivity contribution is 6.05. The molecular formula is C24H35FN6O. The number of amidine groups is 1. The Bertz CT molecular complexity index is 942. The van der Waals surface area contributed by atoms with Crippen LogP contribution in [-0.2, 0) is 4.79 Å². The Morgan fingerprint density at radius 2 is 1.94 bits per heavy atom. The van der Waals surface area contributed by atoms with Gasteiger partial charge >= 0.3 is 0 Å². The van der Waals surface area contributed by atoms with Crippen LogP contribution in [0.2, 0.25) is 0 Å². The number of amides is 1. The van der Waals surface area contributed by atoms with Gasteiger partial charge < -0.3 is 9.80 Å². The largest absolute Gasteiger partial charge is 0.354 e. The van der Waals surface area contributed by atoms with Crippen molar-refractivity contribution in [2.75, 3.05) is 45.2 Å². The number of piperazine rings is 1. The minimum Gasteiger partial charge on any atom is -0.354 e. The van der Waals surface area contributed by atoms with Crippen LogP contribution in [-0.4, -0.2) is 74.0 Å². The molecule has 0 aromatic carbocycles. The smallest absolute Gasteiger partial charge is 0.219 e. The van der Waals surface area contributed by atoms with Crippen molar-refractivity contribution < 1.29 is 9.18 Å². The summed E-state index contributed by atoms with van der Waals surface area (Å²) in [5.41, 5.74) is 2.79. The molecule has 174 valence electrons. The summed E-state index contributed by atoms with van der Waals surface area (Å²) in [5.74, 6) is 0.517. The molecule has 0 spiro atoms. The SMILES string of the molecule is C=N/C(=C(\C(C)=C/C)N(C=O)c1nc(C)c(F)cc1C(=NC)N1CCN(C)CC1)C(C)C. The zero-order chi connectivity index (χ0) is 24.0. The molecule has 0 radical (unpaired) electrons. The van der Waals surface area contributed by atoms with Crippen LogP contribution >= 0.6 is 0 Å². The van der Waals surface area contributed by atoms with Crippen molar-refractivity contribution in [3.05, 3.63) is 46.2 Å². The second-order valence-corrected chi connectivity index (χ2v) is 8.26. The van der Waals surface area contributed by atoms with Gasteiger partial charge in [-0.05, 0) is 52.1 Å². The lowest BCUT2D eigenvalue weighted by atomic mass is 10.0. The van der Waals surface area contributed by atoms with Gasteiger partial charge in [-0.3, -0.25) is 19.7 Å². The van der Waals surface area contributed by atoms with Gasteiger partial charge in [0.1, 0.15) is 11.7 Å². The Hall–Kier alpha value is -2.87.